The van der Waals surface area contributed by atoms with Crippen LogP contribution in [0.3, 0.4) is 0 Å². The summed E-state index contributed by atoms with van der Waals surface area (Å²) in [6.45, 7) is -1.09. The number of aliphatic hydroxyl groups excluding tert-OH is 1. The van der Waals surface area contributed by atoms with E-state index in [9.17, 15) is 34.8 Å². The Labute approximate surface area is 194 Å². The molecule has 4 N–H and O–H groups in total. The van der Waals surface area contributed by atoms with Gasteiger partial charge >= 0.3 is 0 Å². The molecule has 34 heavy (non-hydrogen) atoms. The first-order valence-electron chi connectivity index (χ1n) is 10.5. The van der Waals surface area contributed by atoms with Gasteiger partial charge < -0.3 is 25.2 Å². The highest BCUT2D eigenvalue weighted by atomic mass is 16.7. The van der Waals surface area contributed by atoms with Gasteiger partial charge in [0, 0.05) is 16.7 Å². The number of hydrogen-bond donors (Lipinski definition) is 4. The number of aliphatic hydroxyl groups is 4. The highest BCUT2D eigenvalue weighted by Gasteiger charge is 2.81. The van der Waals surface area contributed by atoms with Crippen molar-refractivity contribution in [3.63, 3.8) is 0 Å². The van der Waals surface area contributed by atoms with Gasteiger partial charge in [-0.05, 0) is 0 Å². The number of carbonyl (C=O) groups is 3. The predicted octanol–water partition coefficient (Wildman–Crippen LogP) is 1.18. The molecule has 0 spiro atoms. The smallest absolute Gasteiger partial charge is 0.272 e. The minimum atomic E-state index is -3.52. The van der Waals surface area contributed by atoms with E-state index in [2.05, 4.69) is 0 Å². The molecule has 1 aliphatic heterocycles. The standard InChI is InChI=1S/C26H22O8/c27-16-20-24(31,21(28)17-10-4-1-5-11-17)25(32,22(29)18-12-6-2-7-13-18)26(33,34-20)23(30)19-14-8-3-9-15-19/h1-15,20,27,31-33H,16H2/t20-,24+,25+,26+/m1/s1. The molecule has 0 radical (unpaired) electrons. The van der Waals surface area contributed by atoms with Gasteiger partial charge in [0.1, 0.15) is 6.10 Å². The maximum atomic E-state index is 13.7. The van der Waals surface area contributed by atoms with Crippen molar-refractivity contribution in [3.05, 3.63) is 108 Å². The van der Waals surface area contributed by atoms with Crippen LogP contribution in [0.25, 0.3) is 0 Å². The van der Waals surface area contributed by atoms with Crippen molar-refractivity contribution in [1.29, 1.82) is 0 Å². The molecule has 174 valence electrons. The monoisotopic (exact) mass is 462 g/mol. The van der Waals surface area contributed by atoms with E-state index in [1.807, 2.05) is 0 Å². The molecule has 0 aromatic heterocycles. The van der Waals surface area contributed by atoms with Gasteiger partial charge in [0.05, 0.1) is 6.61 Å². The van der Waals surface area contributed by atoms with Crippen LogP contribution in [0.5, 0.6) is 0 Å². The van der Waals surface area contributed by atoms with E-state index in [1.165, 1.54) is 72.8 Å². The summed E-state index contributed by atoms with van der Waals surface area (Å²) >= 11 is 0. The van der Waals surface area contributed by atoms with Crippen molar-refractivity contribution < 1.29 is 39.5 Å². The topological polar surface area (TPSA) is 141 Å². The van der Waals surface area contributed by atoms with Crippen LogP contribution in [0.1, 0.15) is 31.1 Å². The van der Waals surface area contributed by atoms with E-state index < -0.39 is 47.0 Å². The molecule has 8 heteroatoms. The number of benzene rings is 3. The molecule has 0 amide bonds. The lowest BCUT2D eigenvalue weighted by Gasteiger charge is -2.40. The molecular formula is C26H22O8. The SMILES string of the molecule is O=C(c1ccccc1)[C@@]1(O)[C@](O)(C(=O)c2ccccc2)O[C@H](CO)[C@]1(O)C(=O)c1ccccc1. The molecule has 0 unspecified atom stereocenters. The summed E-state index contributed by atoms with van der Waals surface area (Å²) in [5, 5.41) is 45.1. The van der Waals surface area contributed by atoms with Crippen molar-refractivity contribution in [2.75, 3.05) is 6.61 Å². The van der Waals surface area contributed by atoms with Gasteiger partial charge in [-0.1, -0.05) is 91.0 Å². The lowest BCUT2D eigenvalue weighted by Crippen LogP contribution is -2.73. The molecule has 1 heterocycles. The van der Waals surface area contributed by atoms with E-state index in [0.29, 0.717) is 0 Å². The fraction of sp³-hybridized carbons (Fsp3) is 0.192. The number of rotatable bonds is 7. The first-order valence-corrected chi connectivity index (χ1v) is 10.5. The molecule has 3 aromatic rings. The zero-order valence-corrected chi connectivity index (χ0v) is 17.9. The second-order valence-electron chi connectivity index (χ2n) is 8.00. The Kier molecular flexibility index (Phi) is 6.03. The Bertz CT molecular complexity index is 1210. The van der Waals surface area contributed by atoms with E-state index in [4.69, 9.17) is 4.74 Å². The maximum absolute atomic E-state index is 13.7. The van der Waals surface area contributed by atoms with Crippen LogP contribution in [0.2, 0.25) is 0 Å². The Balaban J connectivity index is 1.98. The fourth-order valence-electron chi connectivity index (χ4n) is 4.29. The Hall–Kier alpha value is -3.53. The number of ketones is 3. The minimum absolute atomic E-state index is 0.136. The number of hydrogen-bond acceptors (Lipinski definition) is 8. The molecule has 8 nitrogen and oxygen atoms in total. The summed E-state index contributed by atoms with van der Waals surface area (Å²) in [5.74, 6) is -7.22. The number of ether oxygens (including phenoxy) is 1. The second-order valence-corrected chi connectivity index (χ2v) is 8.00. The predicted molar refractivity (Wildman–Crippen MR) is 119 cm³/mol. The summed E-state index contributed by atoms with van der Waals surface area (Å²) in [5.41, 5.74) is -7.24. The molecule has 1 saturated heterocycles. The van der Waals surface area contributed by atoms with E-state index in [0.717, 1.165) is 0 Å². The summed E-state index contributed by atoms with van der Waals surface area (Å²) in [6.07, 6.45) is -2.02. The van der Waals surface area contributed by atoms with Crippen LogP contribution in [0.4, 0.5) is 0 Å². The van der Waals surface area contributed by atoms with Crippen molar-refractivity contribution in [3.8, 4) is 0 Å². The third-order valence-electron chi connectivity index (χ3n) is 6.08. The van der Waals surface area contributed by atoms with Crippen LogP contribution < -0.4 is 0 Å². The third-order valence-corrected chi connectivity index (χ3v) is 6.08. The Morgan fingerprint density at radius 3 is 1.44 bits per heavy atom. The van der Waals surface area contributed by atoms with Crippen LogP contribution in [0, 0.1) is 0 Å². The van der Waals surface area contributed by atoms with Crippen molar-refractivity contribution in [2.45, 2.75) is 23.1 Å². The van der Waals surface area contributed by atoms with Crippen molar-refractivity contribution >= 4 is 17.3 Å². The molecule has 1 aliphatic rings. The van der Waals surface area contributed by atoms with Gasteiger partial charge in [-0.25, -0.2) is 0 Å². The summed E-state index contributed by atoms with van der Waals surface area (Å²) in [6, 6.07) is 21.5. The van der Waals surface area contributed by atoms with Gasteiger partial charge in [0.15, 0.2) is 5.60 Å². The van der Waals surface area contributed by atoms with Crippen molar-refractivity contribution in [2.24, 2.45) is 0 Å². The average Bonchev–Trinajstić information content (AvgIpc) is 3.08. The lowest BCUT2D eigenvalue weighted by atomic mass is 9.67. The van der Waals surface area contributed by atoms with E-state index in [-0.39, 0.29) is 16.7 Å². The number of carbonyl (C=O) groups excluding carboxylic acids is 3. The lowest BCUT2D eigenvalue weighted by molar-refractivity contribution is -0.217. The third kappa shape index (κ3) is 3.24. The molecular weight excluding hydrogens is 440 g/mol. The number of Topliss-reactive ketones (excluding diaryl/α,β-unsaturated/α-hetero) is 3. The Morgan fingerprint density at radius 1 is 0.647 bits per heavy atom. The van der Waals surface area contributed by atoms with Gasteiger partial charge in [0.2, 0.25) is 23.0 Å². The molecule has 4 rings (SSSR count). The molecule has 0 aliphatic carbocycles. The first-order chi connectivity index (χ1) is 16.2. The normalized spacial score (nSPS) is 28.4. The highest BCUT2D eigenvalue weighted by Crippen LogP contribution is 2.50. The van der Waals surface area contributed by atoms with Crippen LogP contribution in [-0.4, -0.2) is 67.5 Å². The van der Waals surface area contributed by atoms with E-state index >= 15 is 0 Å². The minimum Gasteiger partial charge on any atom is -0.394 e. The van der Waals surface area contributed by atoms with Gasteiger partial charge in [-0.15, -0.1) is 0 Å². The van der Waals surface area contributed by atoms with Crippen molar-refractivity contribution in [1.82, 2.24) is 0 Å². The van der Waals surface area contributed by atoms with Crippen LogP contribution in [0.15, 0.2) is 91.0 Å². The molecule has 4 atom stereocenters. The molecule has 0 saturated carbocycles. The molecule has 1 fully saturated rings. The largest absolute Gasteiger partial charge is 0.394 e. The first kappa shape index (κ1) is 23.6. The van der Waals surface area contributed by atoms with Gasteiger partial charge in [-0.2, -0.15) is 0 Å². The van der Waals surface area contributed by atoms with Gasteiger partial charge in [-0.3, -0.25) is 14.4 Å². The molecule has 0 bridgehead atoms. The second kappa shape index (κ2) is 8.68. The summed E-state index contributed by atoms with van der Waals surface area (Å²) in [4.78, 5) is 40.7. The zero-order chi connectivity index (χ0) is 24.6. The van der Waals surface area contributed by atoms with Crippen LogP contribution >= 0.6 is 0 Å². The molecule has 3 aromatic carbocycles. The fourth-order valence-corrected chi connectivity index (χ4v) is 4.29. The van der Waals surface area contributed by atoms with Gasteiger partial charge in [0.25, 0.3) is 5.79 Å². The van der Waals surface area contributed by atoms with E-state index in [1.54, 1.807) is 18.2 Å². The maximum Gasteiger partial charge on any atom is 0.272 e. The summed E-state index contributed by atoms with van der Waals surface area (Å²) < 4.78 is 5.35. The van der Waals surface area contributed by atoms with Crippen LogP contribution in [-0.2, 0) is 4.74 Å². The summed E-state index contributed by atoms with van der Waals surface area (Å²) in [7, 11) is 0. The highest BCUT2D eigenvalue weighted by molar-refractivity contribution is 6.18. The average molecular weight is 462 g/mol. The zero-order valence-electron chi connectivity index (χ0n) is 17.9. The quantitative estimate of drug-likeness (QED) is 0.384. The Morgan fingerprint density at radius 2 is 1.03 bits per heavy atom.